The maximum atomic E-state index is 12.5. The predicted octanol–water partition coefficient (Wildman–Crippen LogP) is 1.87. The molecule has 4 heterocycles. The number of hydrogen-bond acceptors (Lipinski definition) is 5. The van der Waals surface area contributed by atoms with Crippen LogP contribution in [0.5, 0.6) is 0 Å². The molecule has 26 heavy (non-hydrogen) atoms. The van der Waals surface area contributed by atoms with Crippen molar-refractivity contribution in [2.45, 2.75) is 12.8 Å². The molecule has 2 aliphatic heterocycles. The molecule has 4 rings (SSSR count). The zero-order chi connectivity index (χ0) is 17.9. The number of piperazine rings is 1. The van der Waals surface area contributed by atoms with Gasteiger partial charge in [-0.2, -0.15) is 0 Å². The molecule has 2 fully saturated rings. The lowest BCUT2D eigenvalue weighted by Crippen LogP contribution is -2.48. The van der Waals surface area contributed by atoms with Crippen LogP contribution in [0.25, 0.3) is 0 Å². The maximum Gasteiger partial charge on any atom is 0.289 e. The number of amides is 2. The van der Waals surface area contributed by atoms with Crippen molar-refractivity contribution in [1.82, 2.24) is 14.8 Å². The van der Waals surface area contributed by atoms with Gasteiger partial charge in [0, 0.05) is 51.2 Å². The average molecular weight is 354 g/mol. The molecule has 0 unspecified atom stereocenters. The zero-order valence-electron chi connectivity index (χ0n) is 14.6. The Morgan fingerprint density at radius 3 is 2.35 bits per heavy atom. The highest BCUT2D eigenvalue weighted by molar-refractivity contribution is 5.93. The molecule has 0 radical (unpaired) electrons. The summed E-state index contributed by atoms with van der Waals surface area (Å²) >= 11 is 0. The molecule has 2 amide bonds. The molecule has 7 nitrogen and oxygen atoms in total. The van der Waals surface area contributed by atoms with E-state index in [4.69, 9.17) is 4.42 Å². The summed E-state index contributed by atoms with van der Waals surface area (Å²) in [6, 6.07) is 7.20. The molecular formula is C19H22N4O3. The van der Waals surface area contributed by atoms with Crippen molar-refractivity contribution >= 4 is 17.5 Å². The third kappa shape index (κ3) is 3.29. The Kier molecular flexibility index (Phi) is 4.60. The molecule has 0 spiro atoms. The molecule has 0 atom stereocenters. The van der Waals surface area contributed by atoms with Crippen LogP contribution in [-0.4, -0.2) is 65.9 Å². The monoisotopic (exact) mass is 354 g/mol. The molecule has 2 saturated heterocycles. The number of carbonyl (C=O) groups is 2. The van der Waals surface area contributed by atoms with Crippen LogP contribution in [0.2, 0.25) is 0 Å². The number of likely N-dealkylation sites (tertiary alicyclic amines) is 1. The van der Waals surface area contributed by atoms with Crippen molar-refractivity contribution < 1.29 is 14.0 Å². The molecule has 2 aromatic heterocycles. The fourth-order valence-electron chi connectivity index (χ4n) is 3.54. The van der Waals surface area contributed by atoms with Gasteiger partial charge < -0.3 is 19.1 Å². The first-order chi connectivity index (χ1) is 12.7. The summed E-state index contributed by atoms with van der Waals surface area (Å²) in [5, 5.41) is 0. The largest absolute Gasteiger partial charge is 0.459 e. The van der Waals surface area contributed by atoms with E-state index in [2.05, 4.69) is 9.88 Å². The Morgan fingerprint density at radius 2 is 1.65 bits per heavy atom. The molecular weight excluding hydrogens is 332 g/mol. The lowest BCUT2D eigenvalue weighted by molar-refractivity contribution is 0.0714. The first-order valence-corrected chi connectivity index (χ1v) is 9.05. The number of hydrogen-bond donors (Lipinski definition) is 0. The van der Waals surface area contributed by atoms with E-state index in [1.165, 1.54) is 6.26 Å². The minimum absolute atomic E-state index is 0.0102. The topological polar surface area (TPSA) is 69.9 Å². The lowest BCUT2D eigenvalue weighted by Gasteiger charge is -2.35. The molecule has 0 bridgehead atoms. The maximum absolute atomic E-state index is 12.5. The number of carbonyl (C=O) groups excluding carboxylic acids is 2. The third-order valence-corrected chi connectivity index (χ3v) is 5.02. The Morgan fingerprint density at radius 1 is 0.923 bits per heavy atom. The van der Waals surface area contributed by atoms with Crippen molar-refractivity contribution in [3.63, 3.8) is 0 Å². The van der Waals surface area contributed by atoms with E-state index in [-0.39, 0.29) is 11.8 Å². The summed E-state index contributed by atoms with van der Waals surface area (Å²) in [4.78, 5) is 35.0. The van der Waals surface area contributed by atoms with Gasteiger partial charge in [-0.15, -0.1) is 0 Å². The molecule has 0 N–H and O–H groups in total. The van der Waals surface area contributed by atoms with Crippen molar-refractivity contribution in [3.8, 4) is 0 Å². The highest BCUT2D eigenvalue weighted by Crippen LogP contribution is 2.20. The minimum atomic E-state index is -0.0747. The van der Waals surface area contributed by atoms with Crippen LogP contribution in [0.1, 0.15) is 33.9 Å². The van der Waals surface area contributed by atoms with Gasteiger partial charge in [0.25, 0.3) is 11.8 Å². The second-order valence-electron chi connectivity index (χ2n) is 6.66. The predicted molar refractivity (Wildman–Crippen MR) is 96.2 cm³/mol. The number of anilines is 1. The number of aromatic nitrogens is 1. The number of nitrogens with zero attached hydrogens (tertiary/aromatic N) is 4. The highest BCUT2D eigenvalue weighted by atomic mass is 16.3. The average Bonchev–Trinajstić information content (AvgIpc) is 3.41. The SMILES string of the molecule is O=C(c1cc(N2CCN(C(=O)c3ccco3)CC2)ccn1)N1CCCC1. The van der Waals surface area contributed by atoms with Gasteiger partial charge in [0.05, 0.1) is 6.26 Å². The Balaban J connectivity index is 1.40. The van der Waals surface area contributed by atoms with Gasteiger partial charge in [-0.1, -0.05) is 0 Å². The summed E-state index contributed by atoms with van der Waals surface area (Å²) in [6.45, 7) is 4.31. The van der Waals surface area contributed by atoms with Crippen LogP contribution in [0.15, 0.2) is 41.1 Å². The van der Waals surface area contributed by atoms with E-state index in [1.54, 1.807) is 23.2 Å². The van der Waals surface area contributed by atoms with Gasteiger partial charge in [-0.3, -0.25) is 14.6 Å². The number of pyridine rings is 1. The van der Waals surface area contributed by atoms with Crippen molar-refractivity contribution in [2.75, 3.05) is 44.2 Å². The number of furan rings is 1. The highest BCUT2D eigenvalue weighted by Gasteiger charge is 2.25. The summed E-state index contributed by atoms with van der Waals surface area (Å²) < 4.78 is 5.20. The first-order valence-electron chi connectivity index (χ1n) is 9.05. The van der Waals surface area contributed by atoms with Gasteiger partial charge >= 0.3 is 0 Å². The normalized spacial score (nSPS) is 17.6. The van der Waals surface area contributed by atoms with E-state index in [1.807, 2.05) is 17.0 Å². The van der Waals surface area contributed by atoms with Crippen molar-refractivity contribution in [2.24, 2.45) is 0 Å². The van der Waals surface area contributed by atoms with E-state index in [0.717, 1.165) is 31.6 Å². The van der Waals surface area contributed by atoms with Gasteiger partial charge in [-0.05, 0) is 37.1 Å². The molecule has 2 aliphatic rings. The molecule has 2 aromatic rings. The second-order valence-corrected chi connectivity index (χ2v) is 6.66. The Hall–Kier alpha value is -2.83. The molecule has 7 heteroatoms. The summed E-state index contributed by atoms with van der Waals surface area (Å²) in [7, 11) is 0. The Bertz CT molecular complexity index is 776. The molecule has 0 aromatic carbocycles. The van der Waals surface area contributed by atoms with Gasteiger partial charge in [0.15, 0.2) is 5.76 Å². The minimum Gasteiger partial charge on any atom is -0.459 e. The van der Waals surface area contributed by atoms with Crippen LogP contribution in [0, 0.1) is 0 Å². The second kappa shape index (κ2) is 7.19. The Labute approximate surface area is 152 Å². The van der Waals surface area contributed by atoms with E-state index in [9.17, 15) is 9.59 Å². The van der Waals surface area contributed by atoms with Gasteiger partial charge in [0.1, 0.15) is 5.69 Å². The van der Waals surface area contributed by atoms with Crippen molar-refractivity contribution in [3.05, 3.63) is 48.2 Å². The van der Waals surface area contributed by atoms with Gasteiger partial charge in [0.2, 0.25) is 0 Å². The third-order valence-electron chi connectivity index (χ3n) is 5.02. The smallest absolute Gasteiger partial charge is 0.289 e. The van der Waals surface area contributed by atoms with Crippen LogP contribution < -0.4 is 4.90 Å². The quantitative estimate of drug-likeness (QED) is 0.842. The zero-order valence-corrected chi connectivity index (χ0v) is 14.6. The van der Waals surface area contributed by atoms with Crippen LogP contribution in [0.4, 0.5) is 5.69 Å². The van der Waals surface area contributed by atoms with E-state index in [0.29, 0.717) is 37.6 Å². The first kappa shape index (κ1) is 16.6. The van der Waals surface area contributed by atoms with Crippen LogP contribution in [-0.2, 0) is 0 Å². The van der Waals surface area contributed by atoms with Crippen LogP contribution in [0.3, 0.4) is 0 Å². The van der Waals surface area contributed by atoms with E-state index < -0.39 is 0 Å². The number of rotatable bonds is 3. The molecule has 0 saturated carbocycles. The van der Waals surface area contributed by atoms with E-state index >= 15 is 0 Å². The van der Waals surface area contributed by atoms with Gasteiger partial charge in [-0.25, -0.2) is 0 Å². The summed E-state index contributed by atoms with van der Waals surface area (Å²) in [6.07, 6.45) is 5.34. The molecule has 0 aliphatic carbocycles. The van der Waals surface area contributed by atoms with Crippen LogP contribution >= 0.6 is 0 Å². The lowest BCUT2D eigenvalue weighted by atomic mass is 10.2. The fraction of sp³-hybridized carbons (Fsp3) is 0.421. The fourth-order valence-corrected chi connectivity index (χ4v) is 3.54. The van der Waals surface area contributed by atoms with Crippen molar-refractivity contribution in [1.29, 1.82) is 0 Å². The summed E-state index contributed by atoms with van der Waals surface area (Å²) in [5.74, 6) is 0.311. The molecule has 136 valence electrons. The summed E-state index contributed by atoms with van der Waals surface area (Å²) in [5.41, 5.74) is 1.48. The standard InChI is InChI=1S/C19H22N4O3/c24-18(22-7-1-2-8-22)16-14-15(5-6-20-16)21-9-11-23(12-10-21)19(25)17-4-3-13-26-17/h3-6,13-14H,1-2,7-12H2.